The van der Waals surface area contributed by atoms with E-state index in [1.807, 2.05) is 60.7 Å². The van der Waals surface area contributed by atoms with Gasteiger partial charge >= 0.3 is 5.97 Å². The minimum atomic E-state index is -0.828. The number of hydrogen-bond donors (Lipinski definition) is 2. The fourth-order valence-corrected chi connectivity index (χ4v) is 3.76. The van der Waals surface area contributed by atoms with Gasteiger partial charge in [-0.05, 0) is 23.3 Å². The Bertz CT molecular complexity index is 881. The molecule has 1 atom stereocenters. The lowest BCUT2D eigenvalue weighted by Gasteiger charge is -2.36. The second-order valence-corrected chi connectivity index (χ2v) is 7.22. The Morgan fingerprint density at radius 2 is 1.70 bits per heavy atom. The molecule has 2 aromatic rings. The van der Waals surface area contributed by atoms with E-state index in [0.717, 1.165) is 11.1 Å². The number of benzene rings is 2. The Balaban J connectivity index is 1.81. The van der Waals surface area contributed by atoms with E-state index < -0.39 is 17.9 Å². The number of methoxy groups -OCH3 is 1. The highest BCUT2D eigenvalue weighted by molar-refractivity contribution is 7.80. The summed E-state index contributed by atoms with van der Waals surface area (Å²) in [6.07, 6.45) is -0.154. The van der Waals surface area contributed by atoms with Gasteiger partial charge < -0.3 is 20.3 Å². The predicted molar refractivity (Wildman–Crippen MR) is 116 cm³/mol. The van der Waals surface area contributed by atoms with Gasteiger partial charge in [0, 0.05) is 13.1 Å². The van der Waals surface area contributed by atoms with Crippen LogP contribution in [0.1, 0.15) is 23.5 Å². The summed E-state index contributed by atoms with van der Waals surface area (Å²) in [4.78, 5) is 38.8. The maximum Gasteiger partial charge on any atom is 0.308 e. The van der Waals surface area contributed by atoms with Crippen molar-refractivity contribution >= 4 is 35.1 Å². The lowest BCUT2D eigenvalue weighted by atomic mass is 9.90. The number of nitrogens with zero attached hydrogens (tertiary/aromatic N) is 1. The number of thiocarbonyl (C=S) groups is 1. The van der Waals surface area contributed by atoms with Gasteiger partial charge in [-0.25, -0.2) is 0 Å². The Kier molecular flexibility index (Phi) is 7.13. The van der Waals surface area contributed by atoms with Crippen molar-refractivity contribution in [2.45, 2.75) is 18.4 Å². The van der Waals surface area contributed by atoms with Gasteiger partial charge in [0.1, 0.15) is 6.04 Å². The fraction of sp³-hybridized carbons (Fsp3) is 0.273. The molecule has 1 heterocycles. The number of carbonyl (C=O) groups is 3. The average molecular weight is 426 g/mol. The molecular formula is C22H23N3O4S. The molecule has 0 unspecified atom stereocenters. The van der Waals surface area contributed by atoms with Gasteiger partial charge in [-0.2, -0.15) is 0 Å². The van der Waals surface area contributed by atoms with Crippen LogP contribution in [0.2, 0.25) is 0 Å². The molecule has 7 nitrogen and oxygen atoms in total. The first-order valence-corrected chi connectivity index (χ1v) is 9.98. The first kappa shape index (κ1) is 21.4. The Labute approximate surface area is 180 Å². The molecule has 30 heavy (non-hydrogen) atoms. The number of amides is 2. The SMILES string of the molecule is COC(=O)C[C@@H]1C(=O)NCCN1C(=S)NC(=O)C(c1ccccc1)c1ccccc1. The molecule has 3 rings (SSSR count). The molecule has 0 saturated carbocycles. The Morgan fingerprint density at radius 3 is 2.23 bits per heavy atom. The van der Waals surface area contributed by atoms with E-state index in [1.165, 1.54) is 7.11 Å². The third kappa shape index (κ3) is 5.01. The number of ether oxygens (including phenoxy) is 1. The Hall–Kier alpha value is -3.26. The van der Waals surface area contributed by atoms with Crippen LogP contribution in [0, 0.1) is 0 Å². The molecule has 0 aliphatic carbocycles. The van der Waals surface area contributed by atoms with E-state index in [9.17, 15) is 14.4 Å². The number of nitrogens with one attached hydrogen (secondary N) is 2. The van der Waals surface area contributed by atoms with Gasteiger partial charge in [-0.3, -0.25) is 14.4 Å². The lowest BCUT2D eigenvalue weighted by Crippen LogP contribution is -2.60. The summed E-state index contributed by atoms with van der Waals surface area (Å²) in [5, 5.41) is 5.60. The zero-order valence-electron chi connectivity index (χ0n) is 16.5. The summed E-state index contributed by atoms with van der Waals surface area (Å²) in [7, 11) is 1.26. The summed E-state index contributed by atoms with van der Waals surface area (Å²) in [6.45, 7) is 0.751. The van der Waals surface area contributed by atoms with Crippen molar-refractivity contribution in [3.63, 3.8) is 0 Å². The van der Waals surface area contributed by atoms with Crippen molar-refractivity contribution in [1.82, 2.24) is 15.5 Å². The molecule has 2 aromatic carbocycles. The second kappa shape index (κ2) is 9.98. The normalized spacial score (nSPS) is 16.0. The minimum absolute atomic E-state index is 0.112. The fourth-order valence-electron chi connectivity index (χ4n) is 3.44. The van der Waals surface area contributed by atoms with Crippen LogP contribution in [0.4, 0.5) is 0 Å². The third-order valence-corrected chi connectivity index (χ3v) is 5.27. The van der Waals surface area contributed by atoms with Crippen LogP contribution in [0.3, 0.4) is 0 Å². The van der Waals surface area contributed by atoms with Crippen LogP contribution in [0.5, 0.6) is 0 Å². The molecule has 1 aliphatic heterocycles. The van der Waals surface area contributed by atoms with Gasteiger partial charge in [-0.15, -0.1) is 0 Å². The van der Waals surface area contributed by atoms with Crippen LogP contribution >= 0.6 is 12.2 Å². The molecule has 2 N–H and O–H groups in total. The summed E-state index contributed by atoms with van der Waals surface area (Å²) in [6, 6.07) is 18.0. The van der Waals surface area contributed by atoms with Crippen LogP contribution < -0.4 is 10.6 Å². The zero-order valence-corrected chi connectivity index (χ0v) is 17.4. The van der Waals surface area contributed by atoms with Crippen LogP contribution in [0.15, 0.2) is 60.7 Å². The smallest absolute Gasteiger partial charge is 0.308 e. The van der Waals surface area contributed by atoms with E-state index in [2.05, 4.69) is 15.4 Å². The molecule has 1 aliphatic rings. The van der Waals surface area contributed by atoms with Crippen molar-refractivity contribution in [1.29, 1.82) is 0 Å². The highest BCUT2D eigenvalue weighted by atomic mass is 32.1. The summed E-state index contributed by atoms with van der Waals surface area (Å²) >= 11 is 5.45. The minimum Gasteiger partial charge on any atom is -0.469 e. The van der Waals surface area contributed by atoms with Crippen molar-refractivity contribution in [2.75, 3.05) is 20.2 Å². The summed E-state index contributed by atoms with van der Waals surface area (Å²) in [5.41, 5.74) is 1.65. The molecule has 1 saturated heterocycles. The molecule has 156 valence electrons. The number of carbonyl (C=O) groups excluding carboxylic acids is 3. The van der Waals surface area contributed by atoms with Gasteiger partial charge in [0.25, 0.3) is 0 Å². The molecule has 0 spiro atoms. The summed E-state index contributed by atoms with van der Waals surface area (Å²) in [5.74, 6) is -1.73. The lowest BCUT2D eigenvalue weighted by molar-refractivity contribution is -0.144. The van der Waals surface area contributed by atoms with Crippen LogP contribution in [0.25, 0.3) is 0 Å². The maximum absolute atomic E-state index is 13.2. The zero-order chi connectivity index (χ0) is 21.5. The van der Waals surface area contributed by atoms with Gasteiger partial charge in [0.2, 0.25) is 11.8 Å². The topological polar surface area (TPSA) is 87.7 Å². The molecule has 0 bridgehead atoms. The summed E-state index contributed by atoms with van der Waals surface area (Å²) < 4.78 is 4.69. The standard InChI is InChI=1S/C22H23N3O4S/c1-29-18(26)14-17-20(27)23-12-13-25(17)22(30)24-21(28)19(15-8-4-2-5-9-15)16-10-6-3-7-11-16/h2-11,17,19H,12-14H2,1H3,(H,23,27)(H,24,28,30)/t17-/m1/s1. The number of piperazine rings is 1. The molecule has 0 aromatic heterocycles. The largest absolute Gasteiger partial charge is 0.469 e. The first-order valence-electron chi connectivity index (χ1n) is 9.57. The van der Waals surface area contributed by atoms with Crippen molar-refractivity contribution < 1.29 is 19.1 Å². The maximum atomic E-state index is 13.2. The van der Waals surface area contributed by atoms with Crippen LogP contribution in [-0.2, 0) is 19.1 Å². The quantitative estimate of drug-likeness (QED) is 0.559. The van der Waals surface area contributed by atoms with Gasteiger partial charge in [-0.1, -0.05) is 60.7 Å². The van der Waals surface area contributed by atoms with E-state index >= 15 is 0 Å². The molecule has 1 fully saturated rings. The Morgan fingerprint density at radius 1 is 1.13 bits per heavy atom. The van der Waals surface area contributed by atoms with Gasteiger partial charge in [0.15, 0.2) is 5.11 Å². The predicted octanol–water partition coefficient (Wildman–Crippen LogP) is 1.58. The number of esters is 1. The van der Waals surface area contributed by atoms with Crippen molar-refractivity contribution in [2.24, 2.45) is 0 Å². The van der Waals surface area contributed by atoms with Crippen molar-refractivity contribution in [3.8, 4) is 0 Å². The van der Waals surface area contributed by atoms with Crippen molar-refractivity contribution in [3.05, 3.63) is 71.8 Å². The van der Waals surface area contributed by atoms with E-state index in [-0.39, 0.29) is 23.3 Å². The molecule has 0 radical (unpaired) electrons. The van der Waals surface area contributed by atoms with Gasteiger partial charge in [0.05, 0.1) is 19.4 Å². The highest BCUT2D eigenvalue weighted by Gasteiger charge is 2.35. The van der Waals surface area contributed by atoms with E-state index in [1.54, 1.807) is 4.90 Å². The number of rotatable bonds is 5. The van der Waals surface area contributed by atoms with E-state index in [4.69, 9.17) is 12.2 Å². The monoisotopic (exact) mass is 425 g/mol. The van der Waals surface area contributed by atoms with Crippen LogP contribution in [-0.4, -0.2) is 54.0 Å². The number of hydrogen-bond acceptors (Lipinski definition) is 5. The molecular weight excluding hydrogens is 402 g/mol. The molecule has 8 heteroatoms. The first-order chi connectivity index (χ1) is 14.5. The van der Waals surface area contributed by atoms with E-state index in [0.29, 0.717) is 13.1 Å². The molecule has 2 amide bonds. The average Bonchev–Trinajstić information content (AvgIpc) is 2.76. The highest BCUT2D eigenvalue weighted by Crippen LogP contribution is 2.25. The second-order valence-electron chi connectivity index (χ2n) is 6.83. The third-order valence-electron chi connectivity index (χ3n) is 4.94.